The fourth-order valence-corrected chi connectivity index (χ4v) is 3.93. The van der Waals surface area contributed by atoms with Crippen LogP contribution in [-0.2, 0) is 11.3 Å². The van der Waals surface area contributed by atoms with E-state index in [1.807, 2.05) is 47.0 Å². The number of aliphatic imine (C=N–C) groups is 1. The quantitative estimate of drug-likeness (QED) is 0.242. The third kappa shape index (κ3) is 6.67. The molecule has 3 aromatic rings. The molecular weight excluding hydrogens is 545 g/mol. The van der Waals surface area contributed by atoms with Gasteiger partial charge in [-0.2, -0.15) is 0 Å². The summed E-state index contributed by atoms with van der Waals surface area (Å²) in [6.07, 6.45) is 1.72. The van der Waals surface area contributed by atoms with Crippen molar-refractivity contribution in [2.45, 2.75) is 12.6 Å². The molecule has 0 spiro atoms. The Hall–Kier alpha value is -2.70. The van der Waals surface area contributed by atoms with Crippen molar-refractivity contribution < 1.29 is 9.47 Å². The first-order chi connectivity index (χ1) is 16.3. The molecule has 9 nitrogen and oxygen atoms in total. The highest BCUT2D eigenvalue weighted by Gasteiger charge is 2.23. The van der Waals surface area contributed by atoms with E-state index in [-0.39, 0.29) is 30.0 Å². The van der Waals surface area contributed by atoms with Crippen LogP contribution in [0.15, 0.2) is 65.9 Å². The Balaban J connectivity index is 0.00000324. The Morgan fingerprint density at radius 1 is 1.09 bits per heavy atom. The largest absolute Gasteiger partial charge is 0.497 e. The molecule has 182 valence electrons. The molecule has 2 heterocycles. The number of guanidine groups is 1. The lowest BCUT2D eigenvalue weighted by atomic mass is 10.0. The zero-order valence-electron chi connectivity index (χ0n) is 19.6. The number of nitrogens with one attached hydrogen (secondary N) is 2. The summed E-state index contributed by atoms with van der Waals surface area (Å²) in [6, 6.07) is 18.5. The van der Waals surface area contributed by atoms with E-state index >= 15 is 0 Å². The standard InChI is InChI=1S/C24H31N7O2.HI/c1-25-24(27-17-23-29-28-18-31(23)20-6-4-3-5-7-20)26-16-22(30-12-14-33-15-13-30)19-8-10-21(32-2)11-9-19;/h3-11,18,22H,12-17H2,1-2H3,(H2,25,26,27);1H. The van der Waals surface area contributed by atoms with Gasteiger partial charge >= 0.3 is 0 Å². The second-order valence-corrected chi connectivity index (χ2v) is 7.70. The minimum absolute atomic E-state index is 0. The number of ether oxygens (including phenoxy) is 2. The molecule has 1 saturated heterocycles. The third-order valence-electron chi connectivity index (χ3n) is 5.74. The molecule has 1 atom stereocenters. The van der Waals surface area contributed by atoms with E-state index in [9.17, 15) is 0 Å². The summed E-state index contributed by atoms with van der Waals surface area (Å²) in [6.45, 7) is 4.48. The van der Waals surface area contributed by atoms with E-state index < -0.39 is 0 Å². The van der Waals surface area contributed by atoms with Gasteiger partial charge in [-0.15, -0.1) is 34.2 Å². The van der Waals surface area contributed by atoms with Crippen molar-refractivity contribution in [3.8, 4) is 11.4 Å². The Labute approximate surface area is 217 Å². The first kappa shape index (κ1) is 25.9. The SMILES string of the molecule is CN=C(NCc1nncn1-c1ccccc1)NCC(c1ccc(OC)cc1)N1CCOCC1.I. The molecule has 1 aliphatic heterocycles. The van der Waals surface area contributed by atoms with Crippen molar-refractivity contribution in [3.63, 3.8) is 0 Å². The van der Waals surface area contributed by atoms with Crippen LogP contribution in [0.25, 0.3) is 5.69 Å². The molecule has 10 heteroatoms. The van der Waals surface area contributed by atoms with Crippen molar-refractivity contribution >= 4 is 29.9 Å². The van der Waals surface area contributed by atoms with Crippen molar-refractivity contribution in [1.29, 1.82) is 0 Å². The van der Waals surface area contributed by atoms with Crippen LogP contribution in [-0.4, -0.2) is 72.6 Å². The summed E-state index contributed by atoms with van der Waals surface area (Å²) in [5.74, 6) is 2.38. The minimum Gasteiger partial charge on any atom is -0.497 e. The summed E-state index contributed by atoms with van der Waals surface area (Å²) in [5.41, 5.74) is 2.25. The van der Waals surface area contributed by atoms with Gasteiger partial charge in [-0.25, -0.2) is 0 Å². The highest BCUT2D eigenvalue weighted by atomic mass is 127. The van der Waals surface area contributed by atoms with Gasteiger partial charge in [0.2, 0.25) is 0 Å². The zero-order chi connectivity index (χ0) is 22.9. The highest BCUT2D eigenvalue weighted by molar-refractivity contribution is 14.0. The third-order valence-corrected chi connectivity index (χ3v) is 5.74. The molecule has 1 aliphatic rings. The number of methoxy groups -OCH3 is 1. The van der Waals surface area contributed by atoms with Crippen LogP contribution >= 0.6 is 24.0 Å². The summed E-state index contributed by atoms with van der Waals surface area (Å²) in [4.78, 5) is 6.84. The second kappa shape index (κ2) is 13.3. The maximum Gasteiger partial charge on any atom is 0.191 e. The topological polar surface area (TPSA) is 88.8 Å². The summed E-state index contributed by atoms with van der Waals surface area (Å²) in [7, 11) is 3.46. The summed E-state index contributed by atoms with van der Waals surface area (Å²) < 4.78 is 12.9. The predicted octanol–water partition coefficient (Wildman–Crippen LogP) is 2.63. The van der Waals surface area contributed by atoms with Crippen molar-refractivity contribution in [3.05, 3.63) is 72.3 Å². The van der Waals surface area contributed by atoms with Crippen LogP contribution in [0.4, 0.5) is 0 Å². The van der Waals surface area contributed by atoms with Crippen molar-refractivity contribution in [1.82, 2.24) is 30.3 Å². The van der Waals surface area contributed by atoms with Gasteiger partial charge in [0, 0.05) is 32.4 Å². The average Bonchev–Trinajstić information content (AvgIpc) is 3.36. The van der Waals surface area contributed by atoms with Crippen LogP contribution < -0.4 is 15.4 Å². The lowest BCUT2D eigenvalue weighted by Crippen LogP contribution is -2.46. The molecule has 4 rings (SSSR count). The predicted molar refractivity (Wildman–Crippen MR) is 143 cm³/mol. The average molecular weight is 577 g/mol. The molecule has 34 heavy (non-hydrogen) atoms. The van der Waals surface area contributed by atoms with Crippen LogP contribution in [0.1, 0.15) is 17.4 Å². The van der Waals surface area contributed by atoms with E-state index in [1.54, 1.807) is 20.5 Å². The number of halogens is 1. The maximum absolute atomic E-state index is 5.56. The number of rotatable bonds is 8. The molecule has 0 radical (unpaired) electrons. The van der Waals surface area contributed by atoms with E-state index in [4.69, 9.17) is 9.47 Å². The van der Waals surface area contributed by atoms with Gasteiger partial charge in [0.1, 0.15) is 12.1 Å². The van der Waals surface area contributed by atoms with E-state index in [0.717, 1.165) is 43.6 Å². The monoisotopic (exact) mass is 577 g/mol. The summed E-state index contributed by atoms with van der Waals surface area (Å²) in [5, 5.41) is 15.2. The van der Waals surface area contributed by atoms with Gasteiger partial charge in [0.05, 0.1) is 32.9 Å². The van der Waals surface area contributed by atoms with E-state index in [0.29, 0.717) is 19.0 Å². The molecule has 2 aromatic carbocycles. The number of hydrogen-bond acceptors (Lipinski definition) is 6. The zero-order valence-corrected chi connectivity index (χ0v) is 21.9. The first-order valence-electron chi connectivity index (χ1n) is 11.1. The van der Waals surface area contributed by atoms with Gasteiger partial charge in [-0.3, -0.25) is 14.5 Å². The van der Waals surface area contributed by atoms with Crippen LogP contribution in [0.2, 0.25) is 0 Å². The van der Waals surface area contributed by atoms with E-state index in [2.05, 4.69) is 42.9 Å². The minimum atomic E-state index is 0. The highest BCUT2D eigenvalue weighted by Crippen LogP contribution is 2.23. The number of nitrogens with zero attached hydrogens (tertiary/aromatic N) is 5. The molecule has 1 aromatic heterocycles. The molecule has 0 amide bonds. The van der Waals surface area contributed by atoms with Crippen LogP contribution in [0, 0.1) is 0 Å². The van der Waals surface area contributed by atoms with Crippen LogP contribution in [0.3, 0.4) is 0 Å². The number of aromatic nitrogens is 3. The number of para-hydroxylation sites is 1. The number of benzene rings is 2. The Bertz CT molecular complexity index is 1020. The maximum atomic E-state index is 5.56. The molecule has 0 aliphatic carbocycles. The fraction of sp³-hybridized carbons (Fsp3) is 0.375. The lowest BCUT2D eigenvalue weighted by molar-refractivity contribution is 0.0170. The van der Waals surface area contributed by atoms with E-state index in [1.165, 1.54) is 5.56 Å². The molecule has 1 fully saturated rings. The fourth-order valence-electron chi connectivity index (χ4n) is 3.93. The number of morpholine rings is 1. The number of hydrogen-bond donors (Lipinski definition) is 2. The molecule has 2 N–H and O–H groups in total. The lowest BCUT2D eigenvalue weighted by Gasteiger charge is -2.35. The Morgan fingerprint density at radius 3 is 2.50 bits per heavy atom. The normalized spacial score (nSPS) is 15.3. The molecular formula is C24H32IN7O2. The molecule has 1 unspecified atom stereocenters. The molecule has 0 saturated carbocycles. The van der Waals surface area contributed by atoms with Gasteiger partial charge in [0.25, 0.3) is 0 Å². The Kier molecular flexibility index (Phi) is 10.1. The summed E-state index contributed by atoms with van der Waals surface area (Å²) >= 11 is 0. The molecule has 0 bridgehead atoms. The van der Waals surface area contributed by atoms with Gasteiger partial charge in [-0.1, -0.05) is 30.3 Å². The van der Waals surface area contributed by atoms with Gasteiger partial charge in [-0.05, 0) is 29.8 Å². The van der Waals surface area contributed by atoms with Crippen molar-refractivity contribution in [2.24, 2.45) is 4.99 Å². The van der Waals surface area contributed by atoms with Gasteiger partial charge in [0.15, 0.2) is 11.8 Å². The van der Waals surface area contributed by atoms with Gasteiger partial charge < -0.3 is 20.1 Å². The Morgan fingerprint density at radius 2 is 1.82 bits per heavy atom. The first-order valence-corrected chi connectivity index (χ1v) is 11.1. The van der Waals surface area contributed by atoms with Crippen molar-refractivity contribution in [2.75, 3.05) is 47.0 Å². The smallest absolute Gasteiger partial charge is 0.191 e. The second-order valence-electron chi connectivity index (χ2n) is 7.70. The van der Waals surface area contributed by atoms with Crippen LogP contribution in [0.5, 0.6) is 5.75 Å².